The lowest BCUT2D eigenvalue weighted by molar-refractivity contribution is 0.0600. The summed E-state index contributed by atoms with van der Waals surface area (Å²) in [6, 6.07) is 10.9. The van der Waals surface area contributed by atoms with Crippen LogP contribution in [0.3, 0.4) is 0 Å². The van der Waals surface area contributed by atoms with Crippen molar-refractivity contribution in [1.29, 1.82) is 0 Å². The Kier molecular flexibility index (Phi) is 4.83. The number of benzene rings is 2. The molecule has 0 aromatic heterocycles. The lowest BCUT2D eigenvalue weighted by Gasteiger charge is -2.07. The minimum atomic E-state index is -0.455. The molecule has 6 heteroatoms. The first-order valence-electron chi connectivity index (χ1n) is 5.95. The molecule has 2 rings (SSSR count). The first kappa shape index (κ1) is 15.4. The molecule has 2 aromatic rings. The number of carbonyl (C=O) groups is 2. The third kappa shape index (κ3) is 3.97. The summed E-state index contributed by atoms with van der Waals surface area (Å²) in [6.07, 6.45) is 0. The molecule has 0 spiro atoms. The van der Waals surface area contributed by atoms with Crippen molar-refractivity contribution in [3.8, 4) is 0 Å². The van der Waals surface area contributed by atoms with Gasteiger partial charge >= 0.3 is 5.97 Å². The van der Waals surface area contributed by atoms with Gasteiger partial charge in [-0.3, -0.25) is 4.79 Å². The summed E-state index contributed by atoms with van der Waals surface area (Å²) in [7, 11) is 1.30. The summed E-state index contributed by atoms with van der Waals surface area (Å²) < 4.78 is 4.59. The molecule has 0 atom stereocenters. The van der Waals surface area contributed by atoms with Crippen molar-refractivity contribution in [2.75, 3.05) is 12.4 Å². The van der Waals surface area contributed by atoms with E-state index in [2.05, 4.69) is 10.1 Å². The molecule has 0 radical (unpaired) electrons. The van der Waals surface area contributed by atoms with E-state index in [-0.39, 0.29) is 5.91 Å². The SMILES string of the molecule is COC(=O)c1ccc(C(=O)Nc2cc(Cl)cc(Cl)c2)cc1. The van der Waals surface area contributed by atoms with Crippen molar-refractivity contribution in [2.24, 2.45) is 0 Å². The fourth-order valence-corrected chi connectivity index (χ4v) is 2.23. The number of nitrogens with one attached hydrogen (secondary N) is 1. The fraction of sp³-hybridized carbons (Fsp3) is 0.0667. The van der Waals surface area contributed by atoms with Crippen LogP contribution in [0.1, 0.15) is 20.7 Å². The van der Waals surface area contributed by atoms with E-state index >= 15 is 0 Å². The van der Waals surface area contributed by atoms with Gasteiger partial charge in [0, 0.05) is 21.3 Å². The highest BCUT2D eigenvalue weighted by atomic mass is 35.5. The van der Waals surface area contributed by atoms with Crippen molar-refractivity contribution >= 4 is 40.8 Å². The first-order valence-corrected chi connectivity index (χ1v) is 6.71. The molecule has 0 heterocycles. The number of esters is 1. The van der Waals surface area contributed by atoms with Crippen LogP contribution < -0.4 is 5.32 Å². The highest BCUT2D eigenvalue weighted by molar-refractivity contribution is 6.35. The standard InChI is InChI=1S/C15H11Cl2NO3/c1-21-15(20)10-4-2-9(3-5-10)14(19)18-13-7-11(16)6-12(17)8-13/h2-8H,1H3,(H,18,19). The second-order valence-electron chi connectivity index (χ2n) is 4.18. The summed E-state index contributed by atoms with van der Waals surface area (Å²) in [4.78, 5) is 23.4. The second kappa shape index (κ2) is 6.61. The van der Waals surface area contributed by atoms with Crippen LogP contribution in [-0.4, -0.2) is 19.0 Å². The number of methoxy groups -OCH3 is 1. The first-order chi connectivity index (χ1) is 9.99. The normalized spacial score (nSPS) is 10.0. The third-order valence-corrected chi connectivity index (χ3v) is 3.13. The Morgan fingerprint density at radius 1 is 0.952 bits per heavy atom. The van der Waals surface area contributed by atoms with E-state index in [1.165, 1.54) is 31.4 Å². The van der Waals surface area contributed by atoms with Gasteiger partial charge in [0.05, 0.1) is 12.7 Å². The Bertz CT molecular complexity index is 664. The summed E-state index contributed by atoms with van der Waals surface area (Å²) in [5.74, 6) is -0.784. The Hall–Kier alpha value is -2.04. The molecule has 0 saturated heterocycles. The Morgan fingerprint density at radius 3 is 2.00 bits per heavy atom. The molecule has 0 bridgehead atoms. The molecule has 2 aromatic carbocycles. The average molecular weight is 324 g/mol. The second-order valence-corrected chi connectivity index (χ2v) is 5.05. The maximum Gasteiger partial charge on any atom is 0.337 e. The zero-order valence-electron chi connectivity index (χ0n) is 11.0. The van der Waals surface area contributed by atoms with E-state index in [1.807, 2.05) is 0 Å². The number of hydrogen-bond donors (Lipinski definition) is 1. The number of rotatable bonds is 3. The molecule has 0 aliphatic heterocycles. The molecule has 0 unspecified atom stereocenters. The Labute approximate surface area is 131 Å². The molecule has 0 aliphatic carbocycles. The number of carbonyl (C=O) groups excluding carboxylic acids is 2. The van der Waals surface area contributed by atoms with E-state index < -0.39 is 5.97 Å². The predicted molar refractivity (Wildman–Crippen MR) is 82.2 cm³/mol. The van der Waals surface area contributed by atoms with Gasteiger partial charge in [-0.25, -0.2) is 4.79 Å². The zero-order chi connectivity index (χ0) is 15.4. The largest absolute Gasteiger partial charge is 0.465 e. The number of hydrogen-bond acceptors (Lipinski definition) is 3. The number of halogens is 2. The minimum absolute atomic E-state index is 0.329. The number of anilines is 1. The van der Waals surface area contributed by atoms with Gasteiger partial charge in [-0.1, -0.05) is 23.2 Å². The van der Waals surface area contributed by atoms with Gasteiger partial charge in [0.15, 0.2) is 0 Å². The van der Waals surface area contributed by atoms with Gasteiger partial charge in [0.1, 0.15) is 0 Å². The van der Waals surface area contributed by atoms with E-state index in [1.54, 1.807) is 18.2 Å². The highest BCUT2D eigenvalue weighted by Gasteiger charge is 2.10. The zero-order valence-corrected chi connectivity index (χ0v) is 12.5. The van der Waals surface area contributed by atoms with Crippen molar-refractivity contribution < 1.29 is 14.3 Å². The van der Waals surface area contributed by atoms with E-state index in [4.69, 9.17) is 23.2 Å². The van der Waals surface area contributed by atoms with Gasteiger partial charge in [-0.15, -0.1) is 0 Å². The van der Waals surface area contributed by atoms with Gasteiger partial charge < -0.3 is 10.1 Å². The molecule has 108 valence electrons. The molecule has 4 nitrogen and oxygen atoms in total. The van der Waals surface area contributed by atoms with E-state index in [0.717, 1.165) is 0 Å². The Morgan fingerprint density at radius 2 is 1.48 bits per heavy atom. The van der Waals surface area contributed by atoms with Crippen LogP contribution in [0, 0.1) is 0 Å². The molecular weight excluding hydrogens is 313 g/mol. The van der Waals surface area contributed by atoms with Crippen molar-refractivity contribution in [2.45, 2.75) is 0 Å². The fourth-order valence-electron chi connectivity index (χ4n) is 1.70. The summed E-state index contributed by atoms with van der Waals surface area (Å²) in [5, 5.41) is 3.54. The van der Waals surface area contributed by atoms with E-state index in [0.29, 0.717) is 26.9 Å². The lowest BCUT2D eigenvalue weighted by atomic mass is 10.1. The van der Waals surface area contributed by atoms with E-state index in [9.17, 15) is 9.59 Å². The number of amides is 1. The predicted octanol–water partition coefficient (Wildman–Crippen LogP) is 4.03. The van der Waals surface area contributed by atoms with Crippen LogP contribution >= 0.6 is 23.2 Å². The van der Waals surface area contributed by atoms with Crippen LogP contribution in [0.4, 0.5) is 5.69 Å². The van der Waals surface area contributed by atoms with Crippen molar-refractivity contribution in [3.05, 3.63) is 63.6 Å². The molecule has 0 saturated carbocycles. The topological polar surface area (TPSA) is 55.4 Å². The van der Waals surface area contributed by atoms with Crippen LogP contribution in [0.25, 0.3) is 0 Å². The maximum absolute atomic E-state index is 12.1. The third-order valence-electron chi connectivity index (χ3n) is 2.69. The van der Waals surface area contributed by atoms with Crippen LogP contribution in [0.15, 0.2) is 42.5 Å². The smallest absolute Gasteiger partial charge is 0.337 e. The summed E-state index contributed by atoms with van der Waals surface area (Å²) >= 11 is 11.7. The molecule has 21 heavy (non-hydrogen) atoms. The summed E-state index contributed by atoms with van der Waals surface area (Å²) in [6.45, 7) is 0. The van der Waals surface area contributed by atoms with Crippen molar-refractivity contribution in [1.82, 2.24) is 0 Å². The summed E-state index contributed by atoms with van der Waals surface area (Å²) in [5.41, 5.74) is 1.27. The van der Waals surface area contributed by atoms with Gasteiger partial charge in [-0.05, 0) is 42.5 Å². The van der Waals surface area contributed by atoms with Crippen molar-refractivity contribution in [3.63, 3.8) is 0 Å². The molecule has 0 aliphatic rings. The monoisotopic (exact) mass is 323 g/mol. The van der Waals surface area contributed by atoms with Gasteiger partial charge in [0.25, 0.3) is 5.91 Å². The van der Waals surface area contributed by atoms with Crippen LogP contribution in [0.2, 0.25) is 10.0 Å². The molecular formula is C15H11Cl2NO3. The van der Waals surface area contributed by atoms with Crippen LogP contribution in [0.5, 0.6) is 0 Å². The maximum atomic E-state index is 12.1. The average Bonchev–Trinajstić information content (AvgIpc) is 2.45. The number of ether oxygens (including phenoxy) is 1. The van der Waals surface area contributed by atoms with Gasteiger partial charge in [0.2, 0.25) is 0 Å². The Balaban J connectivity index is 2.15. The quantitative estimate of drug-likeness (QED) is 0.867. The van der Waals surface area contributed by atoms with Gasteiger partial charge in [-0.2, -0.15) is 0 Å². The lowest BCUT2D eigenvalue weighted by Crippen LogP contribution is -2.12. The molecule has 1 N–H and O–H groups in total. The minimum Gasteiger partial charge on any atom is -0.465 e. The van der Waals surface area contributed by atoms with Crippen LogP contribution in [-0.2, 0) is 4.74 Å². The molecule has 0 fully saturated rings. The highest BCUT2D eigenvalue weighted by Crippen LogP contribution is 2.23. The molecule has 1 amide bonds.